The van der Waals surface area contributed by atoms with Gasteiger partial charge >= 0.3 is 0 Å². The first-order valence-corrected chi connectivity index (χ1v) is 7.53. The van der Waals surface area contributed by atoms with Crippen LogP contribution in [0.3, 0.4) is 0 Å². The molecule has 5 heteroatoms. The van der Waals surface area contributed by atoms with Crippen molar-refractivity contribution in [2.24, 2.45) is 11.8 Å². The number of anilines is 1. The summed E-state index contributed by atoms with van der Waals surface area (Å²) in [5, 5.41) is 0.122. The number of hydrogen-bond acceptors (Lipinski definition) is 2. The standard InChI is InChI=1S/C15H19ClFN3/c1-3-9-4-5-13(8(9)2)20-14-6-10(16)11(17)7-12(14)19-15(20)18/h6-9,13H,3-5H2,1-2H3,(H2,18,19). The molecule has 0 amide bonds. The largest absolute Gasteiger partial charge is 0.369 e. The van der Waals surface area contributed by atoms with E-state index in [1.54, 1.807) is 6.07 Å². The minimum absolute atomic E-state index is 0.122. The highest BCUT2D eigenvalue weighted by Crippen LogP contribution is 2.44. The Kier molecular flexibility index (Phi) is 3.36. The predicted molar refractivity (Wildman–Crippen MR) is 80.3 cm³/mol. The average molecular weight is 296 g/mol. The fourth-order valence-electron chi connectivity index (χ4n) is 3.62. The number of benzene rings is 1. The summed E-state index contributed by atoms with van der Waals surface area (Å²) in [6, 6.07) is 3.33. The van der Waals surface area contributed by atoms with E-state index in [9.17, 15) is 4.39 Å². The van der Waals surface area contributed by atoms with Crippen molar-refractivity contribution >= 4 is 28.6 Å². The lowest BCUT2D eigenvalue weighted by Gasteiger charge is -2.22. The van der Waals surface area contributed by atoms with Gasteiger partial charge in [-0.15, -0.1) is 0 Å². The molecule has 1 fully saturated rings. The van der Waals surface area contributed by atoms with Crippen LogP contribution in [0, 0.1) is 17.7 Å². The maximum absolute atomic E-state index is 13.5. The second-order valence-electron chi connectivity index (χ2n) is 5.77. The lowest BCUT2D eigenvalue weighted by Crippen LogP contribution is -2.17. The zero-order valence-electron chi connectivity index (χ0n) is 11.7. The van der Waals surface area contributed by atoms with E-state index in [1.807, 2.05) is 4.57 Å². The molecule has 1 aliphatic carbocycles. The number of nitrogens with zero attached hydrogens (tertiary/aromatic N) is 2. The van der Waals surface area contributed by atoms with Crippen LogP contribution in [-0.4, -0.2) is 9.55 Å². The molecule has 1 aromatic heterocycles. The van der Waals surface area contributed by atoms with E-state index < -0.39 is 5.82 Å². The van der Waals surface area contributed by atoms with Crippen molar-refractivity contribution in [3.05, 3.63) is 23.0 Å². The van der Waals surface area contributed by atoms with Gasteiger partial charge < -0.3 is 10.3 Å². The summed E-state index contributed by atoms with van der Waals surface area (Å²) in [4.78, 5) is 4.29. The molecule has 108 valence electrons. The molecule has 0 aliphatic heterocycles. The molecule has 3 nitrogen and oxygen atoms in total. The van der Waals surface area contributed by atoms with Gasteiger partial charge in [-0.05, 0) is 30.7 Å². The second-order valence-corrected chi connectivity index (χ2v) is 6.17. The zero-order valence-corrected chi connectivity index (χ0v) is 12.5. The maximum atomic E-state index is 13.5. The maximum Gasteiger partial charge on any atom is 0.201 e. The summed E-state index contributed by atoms with van der Waals surface area (Å²) in [6.45, 7) is 4.49. The number of halogens is 2. The Bertz CT molecular complexity index is 652. The Morgan fingerprint density at radius 3 is 2.85 bits per heavy atom. The normalized spacial score (nSPS) is 26.5. The second kappa shape index (κ2) is 4.92. The first-order chi connectivity index (χ1) is 9.52. The summed E-state index contributed by atoms with van der Waals surface area (Å²) in [5.74, 6) is 1.27. The van der Waals surface area contributed by atoms with E-state index in [2.05, 4.69) is 18.8 Å². The minimum Gasteiger partial charge on any atom is -0.369 e. The third kappa shape index (κ3) is 1.97. The highest BCUT2D eigenvalue weighted by atomic mass is 35.5. The van der Waals surface area contributed by atoms with Crippen molar-refractivity contribution in [2.75, 3.05) is 5.73 Å². The zero-order chi connectivity index (χ0) is 14.4. The number of rotatable bonds is 2. The Morgan fingerprint density at radius 1 is 1.45 bits per heavy atom. The summed E-state index contributed by atoms with van der Waals surface area (Å²) >= 11 is 5.91. The van der Waals surface area contributed by atoms with Crippen LogP contribution in [0.15, 0.2) is 12.1 Å². The molecule has 1 heterocycles. The summed E-state index contributed by atoms with van der Waals surface area (Å²) < 4.78 is 15.6. The fourth-order valence-corrected chi connectivity index (χ4v) is 3.78. The van der Waals surface area contributed by atoms with Crippen molar-refractivity contribution in [1.29, 1.82) is 0 Å². The molecule has 2 aromatic rings. The van der Waals surface area contributed by atoms with E-state index in [4.69, 9.17) is 17.3 Å². The van der Waals surface area contributed by atoms with Gasteiger partial charge in [0.1, 0.15) is 5.82 Å². The van der Waals surface area contributed by atoms with E-state index in [0.29, 0.717) is 29.3 Å². The highest BCUT2D eigenvalue weighted by Gasteiger charge is 2.34. The lowest BCUT2D eigenvalue weighted by atomic mass is 9.93. The molecule has 1 aromatic carbocycles. The quantitative estimate of drug-likeness (QED) is 0.892. The van der Waals surface area contributed by atoms with Crippen molar-refractivity contribution in [1.82, 2.24) is 9.55 Å². The fraction of sp³-hybridized carbons (Fsp3) is 0.533. The number of imidazole rings is 1. The Balaban J connectivity index is 2.12. The molecule has 1 aliphatic rings. The van der Waals surface area contributed by atoms with E-state index in [-0.39, 0.29) is 5.02 Å². The molecule has 3 unspecified atom stereocenters. The van der Waals surface area contributed by atoms with Crippen LogP contribution in [0.4, 0.5) is 10.3 Å². The topological polar surface area (TPSA) is 43.8 Å². The van der Waals surface area contributed by atoms with Crippen LogP contribution in [0.5, 0.6) is 0 Å². The first kappa shape index (κ1) is 13.7. The molecular formula is C15H19ClFN3. The van der Waals surface area contributed by atoms with Crippen LogP contribution in [-0.2, 0) is 0 Å². The van der Waals surface area contributed by atoms with Gasteiger partial charge in [0.2, 0.25) is 5.95 Å². The highest BCUT2D eigenvalue weighted by molar-refractivity contribution is 6.31. The molecule has 0 spiro atoms. The van der Waals surface area contributed by atoms with Crippen LogP contribution in [0.25, 0.3) is 11.0 Å². The van der Waals surface area contributed by atoms with Gasteiger partial charge in [0.25, 0.3) is 0 Å². The van der Waals surface area contributed by atoms with Crippen molar-refractivity contribution in [3.8, 4) is 0 Å². The number of nitrogen functional groups attached to an aromatic ring is 1. The van der Waals surface area contributed by atoms with Gasteiger partial charge in [-0.2, -0.15) is 0 Å². The van der Waals surface area contributed by atoms with Crippen molar-refractivity contribution in [3.63, 3.8) is 0 Å². The SMILES string of the molecule is CCC1CCC(n2c(N)nc3cc(F)c(Cl)cc32)C1C. The van der Waals surface area contributed by atoms with Gasteiger partial charge in [0, 0.05) is 12.1 Å². The number of aromatic nitrogens is 2. The van der Waals surface area contributed by atoms with Crippen LogP contribution >= 0.6 is 11.6 Å². The van der Waals surface area contributed by atoms with Gasteiger partial charge in [0.15, 0.2) is 0 Å². The monoisotopic (exact) mass is 295 g/mol. The molecule has 20 heavy (non-hydrogen) atoms. The van der Waals surface area contributed by atoms with Crippen molar-refractivity contribution in [2.45, 2.75) is 39.2 Å². The summed E-state index contributed by atoms with van der Waals surface area (Å²) in [7, 11) is 0. The average Bonchev–Trinajstić information content (AvgIpc) is 2.90. The van der Waals surface area contributed by atoms with Crippen LogP contribution < -0.4 is 5.73 Å². The molecule has 0 radical (unpaired) electrons. The Labute approximate surface area is 122 Å². The molecule has 2 N–H and O–H groups in total. The van der Waals surface area contributed by atoms with E-state index >= 15 is 0 Å². The Hall–Kier alpha value is -1.29. The molecule has 0 saturated heterocycles. The van der Waals surface area contributed by atoms with Gasteiger partial charge in [0.05, 0.1) is 16.1 Å². The van der Waals surface area contributed by atoms with E-state index in [0.717, 1.165) is 11.9 Å². The molecular weight excluding hydrogens is 277 g/mol. The van der Waals surface area contributed by atoms with Crippen molar-refractivity contribution < 1.29 is 4.39 Å². The third-order valence-electron chi connectivity index (χ3n) is 4.80. The molecule has 3 rings (SSSR count). The smallest absolute Gasteiger partial charge is 0.201 e. The van der Waals surface area contributed by atoms with Gasteiger partial charge in [-0.1, -0.05) is 31.9 Å². The summed E-state index contributed by atoms with van der Waals surface area (Å²) in [6.07, 6.45) is 3.47. The predicted octanol–water partition coefficient (Wildman–Crippen LogP) is 4.41. The van der Waals surface area contributed by atoms with Gasteiger partial charge in [-0.3, -0.25) is 0 Å². The minimum atomic E-state index is -0.449. The lowest BCUT2D eigenvalue weighted by molar-refractivity contribution is 0.336. The first-order valence-electron chi connectivity index (χ1n) is 7.15. The van der Waals surface area contributed by atoms with Crippen LogP contribution in [0.2, 0.25) is 5.02 Å². The third-order valence-corrected chi connectivity index (χ3v) is 5.09. The van der Waals surface area contributed by atoms with Crippen LogP contribution in [0.1, 0.15) is 39.2 Å². The molecule has 1 saturated carbocycles. The number of nitrogens with two attached hydrogens (primary N) is 1. The Morgan fingerprint density at radius 2 is 2.20 bits per heavy atom. The molecule has 3 atom stereocenters. The number of hydrogen-bond donors (Lipinski definition) is 1. The molecule has 0 bridgehead atoms. The summed E-state index contributed by atoms with van der Waals surface area (Å²) in [5.41, 5.74) is 7.48. The number of fused-ring (bicyclic) bond motifs is 1. The van der Waals surface area contributed by atoms with E-state index in [1.165, 1.54) is 18.9 Å². The van der Waals surface area contributed by atoms with Gasteiger partial charge in [-0.25, -0.2) is 9.37 Å².